The average Bonchev–Trinajstić information content (AvgIpc) is 2.40. The molecule has 0 unspecified atom stereocenters. The molecule has 1 atom stereocenters. The highest BCUT2D eigenvalue weighted by atomic mass is 16.5. The van der Waals surface area contributed by atoms with Gasteiger partial charge in [0.15, 0.2) is 0 Å². The van der Waals surface area contributed by atoms with E-state index in [1.807, 2.05) is 6.07 Å². The first-order valence-corrected chi connectivity index (χ1v) is 6.72. The maximum absolute atomic E-state index is 5.24. The third kappa shape index (κ3) is 4.04. The summed E-state index contributed by atoms with van der Waals surface area (Å²) in [6.07, 6.45) is 6.58. The SMILES string of the molecule is COc1cccc(CCC[C@@H]2CCCNC2)c1. The van der Waals surface area contributed by atoms with E-state index in [-0.39, 0.29) is 0 Å². The molecule has 2 nitrogen and oxygen atoms in total. The normalized spacial score (nSPS) is 20.2. The molecule has 0 bridgehead atoms. The van der Waals surface area contributed by atoms with Gasteiger partial charge in [0, 0.05) is 0 Å². The zero-order chi connectivity index (χ0) is 11.9. The first-order chi connectivity index (χ1) is 8.38. The van der Waals surface area contributed by atoms with Gasteiger partial charge >= 0.3 is 0 Å². The number of ether oxygens (including phenoxy) is 1. The number of methoxy groups -OCH3 is 1. The van der Waals surface area contributed by atoms with E-state index < -0.39 is 0 Å². The van der Waals surface area contributed by atoms with Crippen LogP contribution < -0.4 is 10.1 Å². The van der Waals surface area contributed by atoms with Crippen molar-refractivity contribution >= 4 is 0 Å². The van der Waals surface area contributed by atoms with Gasteiger partial charge in [-0.25, -0.2) is 0 Å². The van der Waals surface area contributed by atoms with Gasteiger partial charge < -0.3 is 10.1 Å². The summed E-state index contributed by atoms with van der Waals surface area (Å²) in [4.78, 5) is 0. The first kappa shape index (κ1) is 12.4. The Labute approximate surface area is 104 Å². The van der Waals surface area contributed by atoms with Gasteiger partial charge in [0.05, 0.1) is 7.11 Å². The van der Waals surface area contributed by atoms with Crippen LogP contribution in [-0.4, -0.2) is 20.2 Å². The molecule has 2 rings (SSSR count). The van der Waals surface area contributed by atoms with Crippen molar-refractivity contribution in [2.45, 2.75) is 32.1 Å². The molecule has 1 fully saturated rings. The fraction of sp³-hybridized carbons (Fsp3) is 0.600. The molecule has 1 aliphatic heterocycles. The van der Waals surface area contributed by atoms with Crippen LogP contribution in [0.15, 0.2) is 24.3 Å². The molecule has 1 aliphatic rings. The standard InChI is InChI=1S/C15H23NO/c1-17-15-9-3-6-13(11-15)5-2-7-14-8-4-10-16-12-14/h3,6,9,11,14,16H,2,4-5,7-8,10,12H2,1H3/t14-/m1/s1. The lowest BCUT2D eigenvalue weighted by molar-refractivity contribution is 0.351. The van der Waals surface area contributed by atoms with E-state index in [4.69, 9.17) is 4.74 Å². The van der Waals surface area contributed by atoms with Crippen molar-refractivity contribution in [2.75, 3.05) is 20.2 Å². The lowest BCUT2D eigenvalue weighted by Gasteiger charge is -2.22. The first-order valence-electron chi connectivity index (χ1n) is 6.72. The minimum Gasteiger partial charge on any atom is -0.497 e. The van der Waals surface area contributed by atoms with Crippen LogP contribution in [0.25, 0.3) is 0 Å². The molecule has 17 heavy (non-hydrogen) atoms. The number of hydrogen-bond donors (Lipinski definition) is 1. The van der Waals surface area contributed by atoms with Gasteiger partial charge in [0.25, 0.3) is 0 Å². The lowest BCUT2D eigenvalue weighted by Crippen LogP contribution is -2.29. The van der Waals surface area contributed by atoms with Crippen molar-refractivity contribution in [1.29, 1.82) is 0 Å². The average molecular weight is 233 g/mol. The van der Waals surface area contributed by atoms with E-state index in [2.05, 4.69) is 23.5 Å². The van der Waals surface area contributed by atoms with Crippen molar-refractivity contribution in [3.63, 3.8) is 0 Å². The van der Waals surface area contributed by atoms with Crippen molar-refractivity contribution in [1.82, 2.24) is 5.32 Å². The predicted octanol–water partition coefficient (Wildman–Crippen LogP) is 3.02. The zero-order valence-electron chi connectivity index (χ0n) is 10.7. The number of rotatable bonds is 5. The maximum atomic E-state index is 5.24. The Morgan fingerprint density at radius 3 is 3.12 bits per heavy atom. The number of benzene rings is 1. The predicted molar refractivity (Wildman–Crippen MR) is 71.5 cm³/mol. The Balaban J connectivity index is 1.73. The van der Waals surface area contributed by atoms with Gasteiger partial charge in [-0.2, -0.15) is 0 Å². The fourth-order valence-corrected chi connectivity index (χ4v) is 2.59. The third-order valence-corrected chi connectivity index (χ3v) is 3.61. The number of piperidine rings is 1. The summed E-state index contributed by atoms with van der Waals surface area (Å²) in [6.45, 7) is 2.44. The molecule has 1 N–H and O–H groups in total. The molecular formula is C15H23NO. The van der Waals surface area contributed by atoms with E-state index in [0.29, 0.717) is 0 Å². The van der Waals surface area contributed by atoms with Crippen LogP contribution in [0.4, 0.5) is 0 Å². The van der Waals surface area contributed by atoms with Crippen LogP contribution in [0.3, 0.4) is 0 Å². The lowest BCUT2D eigenvalue weighted by atomic mass is 9.93. The molecule has 2 heteroatoms. The molecule has 1 aromatic carbocycles. The molecule has 94 valence electrons. The minimum atomic E-state index is 0.898. The molecule has 0 aliphatic carbocycles. The minimum absolute atomic E-state index is 0.898. The molecule has 0 radical (unpaired) electrons. The molecule has 1 aromatic rings. The van der Waals surface area contributed by atoms with E-state index in [0.717, 1.165) is 11.7 Å². The summed E-state index contributed by atoms with van der Waals surface area (Å²) in [5.41, 5.74) is 1.40. The van der Waals surface area contributed by atoms with E-state index >= 15 is 0 Å². The largest absolute Gasteiger partial charge is 0.497 e. The van der Waals surface area contributed by atoms with Crippen LogP contribution in [-0.2, 0) is 6.42 Å². The summed E-state index contributed by atoms with van der Waals surface area (Å²) in [5.74, 6) is 1.87. The van der Waals surface area contributed by atoms with Gasteiger partial charge in [-0.05, 0) is 68.8 Å². The Morgan fingerprint density at radius 1 is 1.41 bits per heavy atom. The highest BCUT2D eigenvalue weighted by molar-refractivity contribution is 5.28. The van der Waals surface area contributed by atoms with Gasteiger partial charge in [0.1, 0.15) is 5.75 Å². The molecular weight excluding hydrogens is 210 g/mol. The van der Waals surface area contributed by atoms with Crippen molar-refractivity contribution in [3.8, 4) is 5.75 Å². The van der Waals surface area contributed by atoms with Crippen LogP contribution in [0.2, 0.25) is 0 Å². The van der Waals surface area contributed by atoms with E-state index in [1.165, 1.54) is 50.8 Å². The molecule has 0 aromatic heterocycles. The van der Waals surface area contributed by atoms with Crippen LogP contribution in [0, 0.1) is 5.92 Å². The second kappa shape index (κ2) is 6.65. The molecule has 1 heterocycles. The molecule has 0 saturated carbocycles. The smallest absolute Gasteiger partial charge is 0.119 e. The van der Waals surface area contributed by atoms with Crippen molar-refractivity contribution in [2.24, 2.45) is 5.92 Å². The molecule has 1 saturated heterocycles. The summed E-state index contributed by atoms with van der Waals surface area (Å²) < 4.78 is 5.24. The Hall–Kier alpha value is -1.02. The van der Waals surface area contributed by atoms with Gasteiger partial charge in [-0.1, -0.05) is 12.1 Å². The monoisotopic (exact) mass is 233 g/mol. The number of nitrogens with one attached hydrogen (secondary N) is 1. The summed E-state index contributed by atoms with van der Waals surface area (Å²) >= 11 is 0. The highest BCUT2D eigenvalue weighted by Gasteiger charge is 2.12. The quantitative estimate of drug-likeness (QED) is 0.844. The van der Waals surface area contributed by atoms with E-state index in [1.54, 1.807) is 7.11 Å². The second-order valence-electron chi connectivity index (χ2n) is 4.96. The number of hydrogen-bond acceptors (Lipinski definition) is 2. The summed E-state index contributed by atoms with van der Waals surface area (Å²) in [5, 5.41) is 3.48. The van der Waals surface area contributed by atoms with Crippen molar-refractivity contribution < 1.29 is 4.74 Å². The summed E-state index contributed by atoms with van der Waals surface area (Å²) in [7, 11) is 1.73. The Morgan fingerprint density at radius 2 is 2.35 bits per heavy atom. The number of aryl methyl sites for hydroxylation is 1. The highest BCUT2D eigenvalue weighted by Crippen LogP contribution is 2.19. The molecule has 0 spiro atoms. The van der Waals surface area contributed by atoms with Gasteiger partial charge in [-0.15, -0.1) is 0 Å². The topological polar surface area (TPSA) is 21.3 Å². The Bertz CT molecular complexity index is 331. The Kier molecular flexibility index (Phi) is 4.87. The fourth-order valence-electron chi connectivity index (χ4n) is 2.59. The van der Waals surface area contributed by atoms with Crippen LogP contribution in [0.1, 0.15) is 31.2 Å². The second-order valence-corrected chi connectivity index (χ2v) is 4.96. The zero-order valence-corrected chi connectivity index (χ0v) is 10.7. The van der Waals surface area contributed by atoms with Gasteiger partial charge in [0.2, 0.25) is 0 Å². The molecule has 0 amide bonds. The maximum Gasteiger partial charge on any atom is 0.119 e. The van der Waals surface area contributed by atoms with Gasteiger partial charge in [-0.3, -0.25) is 0 Å². The summed E-state index contributed by atoms with van der Waals surface area (Å²) in [6, 6.07) is 8.44. The van der Waals surface area contributed by atoms with Crippen LogP contribution >= 0.6 is 0 Å². The van der Waals surface area contributed by atoms with Crippen molar-refractivity contribution in [3.05, 3.63) is 29.8 Å². The third-order valence-electron chi connectivity index (χ3n) is 3.61. The van der Waals surface area contributed by atoms with Crippen LogP contribution in [0.5, 0.6) is 5.75 Å². The van der Waals surface area contributed by atoms with E-state index in [9.17, 15) is 0 Å².